The van der Waals surface area contributed by atoms with Crippen LogP contribution in [0.3, 0.4) is 0 Å². The molecular formula is C4H7LiO4S. The van der Waals surface area contributed by atoms with Gasteiger partial charge in [-0.15, -0.1) is 0 Å². The molecule has 0 aromatic rings. The fourth-order valence-corrected chi connectivity index (χ4v) is 0.334. The Morgan fingerprint density at radius 2 is 2.10 bits per heavy atom. The Morgan fingerprint density at radius 1 is 1.60 bits per heavy atom. The molecule has 0 radical (unpaired) electrons. The molecule has 0 aromatic heterocycles. The summed E-state index contributed by atoms with van der Waals surface area (Å²) in [6.45, 7) is 1.63. The first-order chi connectivity index (χ1) is 4.06. The van der Waals surface area contributed by atoms with Crippen LogP contribution in [0.4, 0.5) is 0 Å². The molecule has 0 spiro atoms. The molecule has 0 bridgehead atoms. The third-order valence-electron chi connectivity index (χ3n) is 0.404. The Morgan fingerprint density at radius 3 is 2.40 bits per heavy atom. The molecule has 0 aliphatic carbocycles. The number of hydrogen-bond acceptors (Lipinski definition) is 3. The van der Waals surface area contributed by atoms with Gasteiger partial charge in [0.25, 0.3) is 0 Å². The average Bonchev–Trinajstić information content (AvgIpc) is 1.63. The molecule has 6 heteroatoms. The van der Waals surface area contributed by atoms with Crippen LogP contribution in [0.25, 0.3) is 0 Å². The average molecular weight is 158 g/mol. The first-order valence-electron chi connectivity index (χ1n) is 2.07. The molecule has 0 aliphatic heterocycles. The molecule has 0 saturated heterocycles. The van der Waals surface area contributed by atoms with Crippen molar-refractivity contribution in [3.8, 4) is 0 Å². The van der Waals surface area contributed by atoms with Crippen molar-refractivity contribution in [1.29, 1.82) is 0 Å². The minimum atomic E-state index is -4.33. The number of allylic oxidation sites excluding steroid dienone is 1. The van der Waals surface area contributed by atoms with Crippen molar-refractivity contribution in [3.63, 3.8) is 0 Å². The molecule has 0 aliphatic rings. The number of rotatable bonds is 2. The topological polar surface area (TPSA) is 63.6 Å². The first-order valence-corrected chi connectivity index (χ1v) is 3.44. The molecule has 1 N–H and O–H groups in total. The van der Waals surface area contributed by atoms with Crippen LogP contribution < -0.4 is 0 Å². The van der Waals surface area contributed by atoms with Crippen molar-refractivity contribution >= 4 is 29.3 Å². The predicted octanol–water partition coefficient (Wildman–Crippen LogP) is -0.154. The standard InChI is InChI=1S/C4H6O4S.Li.H/c1-2-3-4-8-9(5,6)7;;/h2,4H,1H3,(H,5,6,7);;. The maximum absolute atomic E-state index is 9.75. The van der Waals surface area contributed by atoms with Crippen LogP contribution in [0, 0.1) is 0 Å². The molecule has 0 aromatic carbocycles. The van der Waals surface area contributed by atoms with E-state index < -0.39 is 10.4 Å². The molecule has 10 heavy (non-hydrogen) atoms. The Balaban J connectivity index is 0. The molecule has 54 valence electrons. The summed E-state index contributed by atoms with van der Waals surface area (Å²) >= 11 is 0. The van der Waals surface area contributed by atoms with Crippen LogP contribution in [0.2, 0.25) is 0 Å². The van der Waals surface area contributed by atoms with Gasteiger partial charge in [0, 0.05) is 0 Å². The van der Waals surface area contributed by atoms with Crippen molar-refractivity contribution in [1.82, 2.24) is 0 Å². The fourth-order valence-electron chi connectivity index (χ4n) is 0.157. The van der Waals surface area contributed by atoms with E-state index in [1.165, 1.54) is 6.08 Å². The summed E-state index contributed by atoms with van der Waals surface area (Å²) in [4.78, 5) is 0. The Hall–Kier alpha value is -0.173. The summed E-state index contributed by atoms with van der Waals surface area (Å²) in [7, 11) is -4.33. The second-order valence-electron chi connectivity index (χ2n) is 1.10. The van der Waals surface area contributed by atoms with Gasteiger partial charge in [-0.1, -0.05) is 5.73 Å². The van der Waals surface area contributed by atoms with Gasteiger partial charge < -0.3 is 4.18 Å². The summed E-state index contributed by atoms with van der Waals surface area (Å²) in [5.41, 5.74) is 2.29. The fraction of sp³-hybridized carbons (Fsp3) is 0.250. The molecule has 0 amide bonds. The molecule has 0 rings (SSSR count). The van der Waals surface area contributed by atoms with Crippen molar-refractivity contribution < 1.29 is 17.2 Å². The monoisotopic (exact) mass is 158 g/mol. The van der Waals surface area contributed by atoms with E-state index >= 15 is 0 Å². The third-order valence-corrected chi connectivity index (χ3v) is 0.744. The summed E-state index contributed by atoms with van der Waals surface area (Å²) in [6.07, 6.45) is 2.18. The van der Waals surface area contributed by atoms with Gasteiger partial charge in [0.1, 0.15) is 0 Å². The van der Waals surface area contributed by atoms with E-state index in [-0.39, 0.29) is 18.9 Å². The van der Waals surface area contributed by atoms with Gasteiger partial charge in [0.15, 0.2) is 6.26 Å². The SMILES string of the molecule is CC=C=COS(=O)(=O)O.[LiH]. The van der Waals surface area contributed by atoms with Crippen molar-refractivity contribution in [3.05, 3.63) is 18.1 Å². The van der Waals surface area contributed by atoms with E-state index in [9.17, 15) is 8.42 Å². The summed E-state index contributed by atoms with van der Waals surface area (Å²) in [5.74, 6) is 0. The third kappa shape index (κ3) is 10.7. The predicted molar refractivity (Wildman–Crippen MR) is 38.1 cm³/mol. The van der Waals surface area contributed by atoms with E-state index in [0.29, 0.717) is 0 Å². The zero-order valence-electron chi connectivity index (χ0n) is 4.73. The molecular weight excluding hydrogens is 151 g/mol. The molecule has 0 atom stereocenters. The van der Waals surface area contributed by atoms with Gasteiger partial charge in [-0.25, -0.2) is 0 Å². The zero-order valence-corrected chi connectivity index (χ0v) is 5.55. The zero-order chi connectivity index (χ0) is 7.33. The molecule has 0 fully saturated rings. The number of hydrogen-bond donors (Lipinski definition) is 1. The maximum atomic E-state index is 9.75. The van der Waals surface area contributed by atoms with E-state index in [2.05, 4.69) is 9.91 Å². The van der Waals surface area contributed by atoms with Crippen molar-refractivity contribution in [2.45, 2.75) is 6.92 Å². The van der Waals surface area contributed by atoms with E-state index in [0.717, 1.165) is 6.26 Å². The van der Waals surface area contributed by atoms with E-state index in [1.807, 2.05) is 0 Å². The summed E-state index contributed by atoms with van der Waals surface area (Å²) < 4.78 is 31.1. The van der Waals surface area contributed by atoms with Crippen LogP contribution in [0.15, 0.2) is 18.1 Å². The van der Waals surface area contributed by atoms with Gasteiger partial charge in [-0.05, 0) is 13.0 Å². The molecule has 0 heterocycles. The van der Waals surface area contributed by atoms with Crippen molar-refractivity contribution in [2.75, 3.05) is 0 Å². The van der Waals surface area contributed by atoms with Gasteiger partial charge in [0.2, 0.25) is 0 Å². The van der Waals surface area contributed by atoms with Gasteiger partial charge in [0.05, 0.1) is 0 Å². The first kappa shape index (κ1) is 12.5. The van der Waals surface area contributed by atoms with Crippen LogP contribution in [-0.4, -0.2) is 31.8 Å². The summed E-state index contributed by atoms with van der Waals surface area (Å²) in [6, 6.07) is 0. The van der Waals surface area contributed by atoms with Crippen LogP contribution in [0.5, 0.6) is 0 Å². The van der Waals surface area contributed by atoms with Gasteiger partial charge >= 0.3 is 29.3 Å². The second kappa shape index (κ2) is 5.60. The second-order valence-corrected chi connectivity index (χ2v) is 2.15. The van der Waals surface area contributed by atoms with Crippen LogP contribution in [0.1, 0.15) is 6.92 Å². The Bertz CT molecular complexity index is 224. The van der Waals surface area contributed by atoms with Crippen LogP contribution >= 0.6 is 0 Å². The quantitative estimate of drug-likeness (QED) is 0.262. The summed E-state index contributed by atoms with van der Waals surface area (Å²) in [5, 5.41) is 0. The van der Waals surface area contributed by atoms with Gasteiger partial charge in [-0.3, -0.25) is 4.55 Å². The van der Waals surface area contributed by atoms with Gasteiger partial charge in [-0.2, -0.15) is 8.42 Å². The van der Waals surface area contributed by atoms with E-state index in [1.54, 1.807) is 6.92 Å². The molecule has 0 unspecified atom stereocenters. The molecule has 0 saturated carbocycles. The Labute approximate surface area is 71.7 Å². The van der Waals surface area contributed by atoms with Crippen molar-refractivity contribution in [2.24, 2.45) is 0 Å². The van der Waals surface area contributed by atoms with E-state index in [4.69, 9.17) is 4.55 Å². The Kier molecular flexibility index (Phi) is 7.00. The van der Waals surface area contributed by atoms with Crippen LogP contribution in [-0.2, 0) is 14.6 Å². The minimum absolute atomic E-state index is 0. The normalized spacial score (nSPS) is 8.60. The molecule has 4 nitrogen and oxygen atoms in total.